The van der Waals surface area contributed by atoms with Crippen LogP contribution in [0.15, 0.2) is 49.1 Å². The number of ether oxygens (including phenoxy) is 3. The van der Waals surface area contributed by atoms with E-state index in [9.17, 15) is 5.11 Å². The zero-order valence-corrected chi connectivity index (χ0v) is 13.5. The molecule has 0 aliphatic carbocycles. The minimum Gasteiger partial charge on any atom is -0.497 e. The maximum absolute atomic E-state index is 9.92. The van der Waals surface area contributed by atoms with Crippen LogP contribution in [0.4, 0.5) is 0 Å². The Morgan fingerprint density at radius 2 is 1.95 bits per heavy atom. The van der Waals surface area contributed by atoms with Crippen molar-refractivity contribution in [2.75, 3.05) is 20.8 Å². The van der Waals surface area contributed by atoms with Crippen LogP contribution in [0.25, 0.3) is 0 Å². The maximum atomic E-state index is 9.92. The van der Waals surface area contributed by atoms with Crippen molar-refractivity contribution in [3.63, 3.8) is 0 Å². The average Bonchev–Trinajstić information content (AvgIpc) is 2.54. The number of aliphatic hydroxyl groups is 1. The summed E-state index contributed by atoms with van der Waals surface area (Å²) in [6, 6.07) is 7.76. The van der Waals surface area contributed by atoms with E-state index in [2.05, 4.69) is 13.2 Å². The normalized spacial score (nSPS) is 13.4. The Labute approximate surface area is 133 Å². The molecule has 1 aromatic carbocycles. The third-order valence-electron chi connectivity index (χ3n) is 3.41. The molecule has 4 nitrogen and oxygen atoms in total. The number of hydrogen-bond acceptors (Lipinski definition) is 4. The molecule has 0 aliphatic rings. The molecule has 0 heterocycles. The van der Waals surface area contributed by atoms with E-state index in [1.54, 1.807) is 20.3 Å². The summed E-state index contributed by atoms with van der Waals surface area (Å²) in [6.45, 7) is 8.61. The van der Waals surface area contributed by atoms with Gasteiger partial charge in [-0.2, -0.15) is 0 Å². The van der Waals surface area contributed by atoms with Crippen molar-refractivity contribution in [3.05, 3.63) is 54.6 Å². The van der Waals surface area contributed by atoms with Gasteiger partial charge in [0.25, 0.3) is 0 Å². The largest absolute Gasteiger partial charge is 0.497 e. The van der Waals surface area contributed by atoms with Crippen molar-refractivity contribution < 1.29 is 19.3 Å². The summed E-state index contributed by atoms with van der Waals surface area (Å²) in [5, 5.41) is 9.92. The van der Waals surface area contributed by atoms with Gasteiger partial charge in [-0.1, -0.05) is 30.4 Å². The third-order valence-corrected chi connectivity index (χ3v) is 3.41. The quantitative estimate of drug-likeness (QED) is 0.638. The number of rotatable bonds is 11. The van der Waals surface area contributed by atoms with Crippen LogP contribution in [0.3, 0.4) is 0 Å². The van der Waals surface area contributed by atoms with Gasteiger partial charge >= 0.3 is 0 Å². The molecule has 1 rings (SSSR count). The zero-order valence-electron chi connectivity index (χ0n) is 13.5. The first-order chi connectivity index (χ1) is 10.6. The fraction of sp³-hybridized carbons (Fsp3) is 0.444. The zero-order chi connectivity index (χ0) is 16.4. The highest BCUT2D eigenvalue weighted by Gasteiger charge is 2.14. The summed E-state index contributed by atoms with van der Waals surface area (Å²) in [7, 11) is 3.20. The lowest BCUT2D eigenvalue weighted by Crippen LogP contribution is -2.25. The van der Waals surface area contributed by atoms with E-state index in [-0.39, 0.29) is 6.10 Å². The van der Waals surface area contributed by atoms with Crippen LogP contribution in [-0.4, -0.2) is 38.1 Å². The van der Waals surface area contributed by atoms with Crippen LogP contribution in [-0.2, 0) is 16.1 Å². The third kappa shape index (κ3) is 6.43. The molecule has 122 valence electrons. The molecule has 0 aromatic heterocycles. The van der Waals surface area contributed by atoms with Gasteiger partial charge in [0, 0.05) is 7.11 Å². The lowest BCUT2D eigenvalue weighted by molar-refractivity contribution is 0.0126. The Kier molecular flexibility index (Phi) is 8.51. The number of methoxy groups -OCH3 is 2. The van der Waals surface area contributed by atoms with Crippen LogP contribution < -0.4 is 4.74 Å². The Hall–Kier alpha value is -1.62. The first-order valence-electron chi connectivity index (χ1n) is 7.31. The van der Waals surface area contributed by atoms with E-state index in [4.69, 9.17) is 14.2 Å². The second-order valence-corrected chi connectivity index (χ2v) is 5.13. The second-order valence-electron chi connectivity index (χ2n) is 5.13. The molecule has 0 saturated heterocycles. The SMILES string of the molecule is C=C[C@H](OC)[C@H](O)CCC(=C)COCc1ccc(OC)cc1. The van der Waals surface area contributed by atoms with Gasteiger partial charge in [-0.05, 0) is 30.5 Å². The molecule has 2 atom stereocenters. The van der Waals surface area contributed by atoms with Gasteiger partial charge in [0.1, 0.15) is 11.9 Å². The number of benzene rings is 1. The monoisotopic (exact) mass is 306 g/mol. The van der Waals surface area contributed by atoms with E-state index >= 15 is 0 Å². The summed E-state index contributed by atoms with van der Waals surface area (Å²) >= 11 is 0. The average molecular weight is 306 g/mol. The van der Waals surface area contributed by atoms with Crippen molar-refractivity contribution in [3.8, 4) is 5.75 Å². The van der Waals surface area contributed by atoms with Crippen LogP contribution in [0.1, 0.15) is 18.4 Å². The summed E-state index contributed by atoms with van der Waals surface area (Å²) in [5.41, 5.74) is 2.03. The number of hydrogen-bond donors (Lipinski definition) is 1. The van der Waals surface area contributed by atoms with Crippen LogP contribution in [0.5, 0.6) is 5.75 Å². The van der Waals surface area contributed by atoms with E-state index in [0.717, 1.165) is 16.9 Å². The number of aliphatic hydroxyl groups excluding tert-OH is 1. The van der Waals surface area contributed by atoms with Gasteiger partial charge in [-0.15, -0.1) is 6.58 Å². The van der Waals surface area contributed by atoms with Gasteiger partial charge in [0.05, 0.1) is 26.4 Å². The van der Waals surface area contributed by atoms with Crippen LogP contribution in [0.2, 0.25) is 0 Å². The first kappa shape index (κ1) is 18.4. The van der Waals surface area contributed by atoms with Crippen molar-refractivity contribution in [2.45, 2.75) is 31.7 Å². The molecule has 0 unspecified atom stereocenters. The van der Waals surface area contributed by atoms with Crippen molar-refractivity contribution in [1.82, 2.24) is 0 Å². The van der Waals surface area contributed by atoms with Gasteiger partial charge in [0.2, 0.25) is 0 Å². The highest BCUT2D eigenvalue weighted by Crippen LogP contribution is 2.14. The molecular weight excluding hydrogens is 280 g/mol. The fourth-order valence-corrected chi connectivity index (χ4v) is 2.03. The molecule has 1 aromatic rings. The van der Waals surface area contributed by atoms with Crippen molar-refractivity contribution in [2.24, 2.45) is 0 Å². The van der Waals surface area contributed by atoms with E-state index in [0.29, 0.717) is 26.1 Å². The molecule has 0 aliphatic heterocycles. The van der Waals surface area contributed by atoms with E-state index < -0.39 is 6.10 Å². The van der Waals surface area contributed by atoms with Gasteiger partial charge < -0.3 is 19.3 Å². The highest BCUT2D eigenvalue weighted by atomic mass is 16.5. The van der Waals surface area contributed by atoms with Crippen LogP contribution in [0, 0.1) is 0 Å². The Bertz CT molecular complexity index is 453. The lowest BCUT2D eigenvalue weighted by Gasteiger charge is -2.18. The molecule has 0 fully saturated rings. The predicted octanol–water partition coefficient (Wildman–Crippen LogP) is 3.11. The Morgan fingerprint density at radius 3 is 2.50 bits per heavy atom. The van der Waals surface area contributed by atoms with Gasteiger partial charge in [-0.3, -0.25) is 0 Å². The first-order valence-corrected chi connectivity index (χ1v) is 7.31. The van der Waals surface area contributed by atoms with Gasteiger partial charge in [0.15, 0.2) is 0 Å². The summed E-state index contributed by atoms with van der Waals surface area (Å²) in [4.78, 5) is 0. The topological polar surface area (TPSA) is 47.9 Å². The standard InChI is InChI=1S/C18H26O4/c1-5-18(21-4)17(19)11-6-14(2)12-22-13-15-7-9-16(20-3)10-8-15/h5,7-10,17-19H,1-2,6,11-13H2,3-4H3/t17-,18+/m1/s1. The molecule has 0 spiro atoms. The predicted molar refractivity (Wildman–Crippen MR) is 88.0 cm³/mol. The minimum absolute atomic E-state index is 0.340. The smallest absolute Gasteiger partial charge is 0.118 e. The molecule has 0 saturated carbocycles. The lowest BCUT2D eigenvalue weighted by atomic mass is 10.0. The summed E-state index contributed by atoms with van der Waals surface area (Å²) in [5.74, 6) is 0.831. The molecular formula is C18H26O4. The maximum Gasteiger partial charge on any atom is 0.118 e. The molecule has 0 amide bonds. The molecule has 1 N–H and O–H groups in total. The highest BCUT2D eigenvalue weighted by molar-refractivity contribution is 5.26. The second kappa shape index (κ2) is 10.2. The van der Waals surface area contributed by atoms with Crippen molar-refractivity contribution >= 4 is 0 Å². The van der Waals surface area contributed by atoms with E-state index in [1.165, 1.54) is 0 Å². The Balaban J connectivity index is 2.24. The summed E-state index contributed by atoms with van der Waals surface area (Å²) in [6.07, 6.45) is 1.97. The van der Waals surface area contributed by atoms with Crippen molar-refractivity contribution in [1.29, 1.82) is 0 Å². The van der Waals surface area contributed by atoms with E-state index in [1.807, 2.05) is 24.3 Å². The molecule has 0 radical (unpaired) electrons. The molecule has 22 heavy (non-hydrogen) atoms. The molecule has 4 heteroatoms. The van der Waals surface area contributed by atoms with Gasteiger partial charge in [-0.25, -0.2) is 0 Å². The fourth-order valence-electron chi connectivity index (χ4n) is 2.03. The Morgan fingerprint density at radius 1 is 1.27 bits per heavy atom. The van der Waals surface area contributed by atoms with Crippen LogP contribution >= 0.6 is 0 Å². The summed E-state index contributed by atoms with van der Waals surface area (Å²) < 4.78 is 15.8. The molecule has 0 bridgehead atoms. The minimum atomic E-state index is -0.569.